The van der Waals surface area contributed by atoms with E-state index in [0.29, 0.717) is 6.04 Å². The van der Waals surface area contributed by atoms with Crippen LogP contribution in [-0.2, 0) is 0 Å². The Morgan fingerprint density at radius 1 is 1.50 bits per heavy atom. The van der Waals surface area contributed by atoms with Gasteiger partial charge >= 0.3 is 0 Å². The van der Waals surface area contributed by atoms with Crippen LogP contribution in [0.4, 0.5) is 0 Å². The largest absolute Gasteiger partial charge is 0.444 e. The Bertz CT molecular complexity index is 440. The SMILES string of the molecule is CC(C)=CCN1CCC(NC(C)c2ncc(C)o2)CC1. The van der Waals surface area contributed by atoms with Gasteiger partial charge in [-0.15, -0.1) is 0 Å². The van der Waals surface area contributed by atoms with E-state index in [0.717, 1.165) is 18.2 Å². The van der Waals surface area contributed by atoms with E-state index in [-0.39, 0.29) is 6.04 Å². The van der Waals surface area contributed by atoms with E-state index in [1.54, 1.807) is 6.20 Å². The van der Waals surface area contributed by atoms with Gasteiger partial charge in [-0.1, -0.05) is 11.6 Å². The van der Waals surface area contributed by atoms with Crippen molar-refractivity contribution in [1.82, 2.24) is 15.2 Å². The van der Waals surface area contributed by atoms with E-state index in [1.165, 1.54) is 31.5 Å². The average Bonchev–Trinajstić information content (AvgIpc) is 2.85. The zero-order valence-electron chi connectivity index (χ0n) is 13.1. The number of piperidine rings is 1. The van der Waals surface area contributed by atoms with Crippen LogP contribution in [0.1, 0.15) is 51.3 Å². The van der Waals surface area contributed by atoms with Gasteiger partial charge in [-0.3, -0.25) is 4.90 Å². The first-order chi connectivity index (χ1) is 9.54. The Morgan fingerprint density at radius 2 is 2.20 bits per heavy atom. The topological polar surface area (TPSA) is 41.3 Å². The number of allylic oxidation sites excluding steroid dienone is 1. The van der Waals surface area contributed by atoms with Crippen molar-refractivity contribution in [3.05, 3.63) is 29.5 Å². The van der Waals surface area contributed by atoms with Gasteiger partial charge in [0.2, 0.25) is 5.89 Å². The first kappa shape index (κ1) is 15.3. The van der Waals surface area contributed by atoms with Crippen molar-refractivity contribution in [1.29, 1.82) is 0 Å². The quantitative estimate of drug-likeness (QED) is 0.840. The van der Waals surface area contributed by atoms with Crippen LogP contribution in [0.3, 0.4) is 0 Å². The molecule has 20 heavy (non-hydrogen) atoms. The van der Waals surface area contributed by atoms with E-state index in [2.05, 4.69) is 42.0 Å². The first-order valence-corrected chi connectivity index (χ1v) is 7.58. The van der Waals surface area contributed by atoms with E-state index in [1.807, 2.05) is 6.92 Å². The minimum Gasteiger partial charge on any atom is -0.444 e. The van der Waals surface area contributed by atoms with Crippen LogP contribution in [0.25, 0.3) is 0 Å². The smallest absolute Gasteiger partial charge is 0.211 e. The summed E-state index contributed by atoms with van der Waals surface area (Å²) in [4.78, 5) is 6.82. The summed E-state index contributed by atoms with van der Waals surface area (Å²) in [6.45, 7) is 11.8. The highest BCUT2D eigenvalue weighted by Crippen LogP contribution is 2.17. The van der Waals surface area contributed by atoms with Gasteiger partial charge in [0.1, 0.15) is 5.76 Å². The molecule has 1 saturated heterocycles. The molecular weight excluding hydrogens is 250 g/mol. The number of aryl methyl sites for hydroxylation is 1. The van der Waals surface area contributed by atoms with Crippen molar-refractivity contribution in [3.63, 3.8) is 0 Å². The fraction of sp³-hybridized carbons (Fsp3) is 0.688. The summed E-state index contributed by atoms with van der Waals surface area (Å²) in [5.74, 6) is 1.68. The Balaban J connectivity index is 1.75. The molecule has 1 atom stereocenters. The van der Waals surface area contributed by atoms with Gasteiger partial charge in [0.25, 0.3) is 0 Å². The molecule has 1 aromatic rings. The van der Waals surface area contributed by atoms with Crippen LogP contribution in [0.5, 0.6) is 0 Å². The third kappa shape index (κ3) is 4.46. The third-order valence-electron chi connectivity index (χ3n) is 3.84. The highest BCUT2D eigenvalue weighted by atomic mass is 16.4. The summed E-state index contributed by atoms with van der Waals surface area (Å²) < 4.78 is 5.58. The number of hydrogen-bond acceptors (Lipinski definition) is 4. The van der Waals surface area contributed by atoms with Gasteiger partial charge in [0.15, 0.2) is 0 Å². The lowest BCUT2D eigenvalue weighted by Crippen LogP contribution is -2.43. The molecule has 0 amide bonds. The predicted molar refractivity (Wildman–Crippen MR) is 81.7 cm³/mol. The molecule has 0 aliphatic carbocycles. The summed E-state index contributed by atoms with van der Waals surface area (Å²) in [7, 11) is 0. The molecule has 1 unspecified atom stereocenters. The van der Waals surface area contributed by atoms with Crippen LogP contribution < -0.4 is 5.32 Å². The molecule has 1 aromatic heterocycles. The number of aromatic nitrogens is 1. The van der Waals surface area contributed by atoms with Gasteiger partial charge in [0.05, 0.1) is 12.2 Å². The van der Waals surface area contributed by atoms with Crippen molar-refractivity contribution in [2.45, 2.75) is 52.6 Å². The standard InChI is InChI=1S/C16H27N3O/c1-12(2)5-8-19-9-6-15(7-10-19)18-14(4)16-17-11-13(3)20-16/h5,11,14-15,18H,6-10H2,1-4H3. The van der Waals surface area contributed by atoms with Crippen molar-refractivity contribution in [2.75, 3.05) is 19.6 Å². The molecule has 0 radical (unpaired) electrons. The second kappa shape index (κ2) is 7.04. The summed E-state index contributed by atoms with van der Waals surface area (Å²) in [6, 6.07) is 0.762. The van der Waals surface area contributed by atoms with Crippen LogP contribution in [0, 0.1) is 6.92 Å². The molecule has 2 rings (SSSR count). The van der Waals surface area contributed by atoms with Crippen molar-refractivity contribution < 1.29 is 4.42 Å². The Labute approximate surface area is 122 Å². The third-order valence-corrected chi connectivity index (χ3v) is 3.84. The van der Waals surface area contributed by atoms with Crippen LogP contribution >= 0.6 is 0 Å². The number of likely N-dealkylation sites (tertiary alicyclic amines) is 1. The monoisotopic (exact) mass is 277 g/mol. The second-order valence-corrected chi connectivity index (χ2v) is 6.05. The Morgan fingerprint density at radius 3 is 2.75 bits per heavy atom. The lowest BCUT2D eigenvalue weighted by atomic mass is 10.0. The first-order valence-electron chi connectivity index (χ1n) is 7.58. The molecule has 1 fully saturated rings. The van der Waals surface area contributed by atoms with Crippen molar-refractivity contribution in [3.8, 4) is 0 Å². The second-order valence-electron chi connectivity index (χ2n) is 6.05. The van der Waals surface area contributed by atoms with E-state index >= 15 is 0 Å². The molecule has 0 saturated carbocycles. The van der Waals surface area contributed by atoms with Gasteiger partial charge in [-0.25, -0.2) is 4.98 Å². The molecule has 4 nitrogen and oxygen atoms in total. The summed E-state index contributed by atoms with van der Waals surface area (Å²) >= 11 is 0. The summed E-state index contributed by atoms with van der Waals surface area (Å²) in [5.41, 5.74) is 1.40. The number of rotatable bonds is 5. The van der Waals surface area contributed by atoms with Crippen molar-refractivity contribution >= 4 is 0 Å². The Kier molecular flexibility index (Phi) is 5.38. The molecule has 4 heteroatoms. The summed E-state index contributed by atoms with van der Waals surface area (Å²) in [6.07, 6.45) is 6.49. The Hall–Kier alpha value is -1.13. The lowest BCUT2D eigenvalue weighted by Gasteiger charge is -2.32. The molecule has 1 N–H and O–H groups in total. The number of hydrogen-bond donors (Lipinski definition) is 1. The van der Waals surface area contributed by atoms with Gasteiger partial charge in [-0.05, 0) is 53.6 Å². The molecule has 0 spiro atoms. The molecule has 0 aromatic carbocycles. The van der Waals surface area contributed by atoms with Gasteiger partial charge in [-0.2, -0.15) is 0 Å². The maximum absolute atomic E-state index is 5.58. The molecular formula is C16H27N3O. The molecule has 2 heterocycles. The van der Waals surface area contributed by atoms with Gasteiger partial charge < -0.3 is 9.73 Å². The fourth-order valence-electron chi connectivity index (χ4n) is 2.59. The van der Waals surface area contributed by atoms with E-state index < -0.39 is 0 Å². The lowest BCUT2D eigenvalue weighted by molar-refractivity contribution is 0.203. The zero-order valence-corrected chi connectivity index (χ0v) is 13.1. The van der Waals surface area contributed by atoms with Crippen LogP contribution in [0.15, 0.2) is 22.3 Å². The number of oxazole rings is 1. The van der Waals surface area contributed by atoms with Crippen LogP contribution in [0.2, 0.25) is 0 Å². The van der Waals surface area contributed by atoms with Crippen molar-refractivity contribution in [2.24, 2.45) is 0 Å². The predicted octanol–water partition coefficient (Wildman–Crippen LogP) is 3.06. The van der Waals surface area contributed by atoms with Gasteiger partial charge in [0, 0.05) is 12.6 Å². The average molecular weight is 277 g/mol. The summed E-state index contributed by atoms with van der Waals surface area (Å²) in [5, 5.41) is 3.64. The number of nitrogens with one attached hydrogen (secondary N) is 1. The molecule has 0 bridgehead atoms. The normalized spacial score (nSPS) is 19.0. The number of nitrogens with zero attached hydrogens (tertiary/aromatic N) is 2. The van der Waals surface area contributed by atoms with E-state index in [4.69, 9.17) is 4.42 Å². The molecule has 1 aliphatic heterocycles. The fourth-order valence-corrected chi connectivity index (χ4v) is 2.59. The molecule has 112 valence electrons. The minimum absolute atomic E-state index is 0.193. The zero-order chi connectivity index (χ0) is 14.5. The highest BCUT2D eigenvalue weighted by Gasteiger charge is 2.21. The molecule has 1 aliphatic rings. The maximum atomic E-state index is 5.58. The minimum atomic E-state index is 0.193. The maximum Gasteiger partial charge on any atom is 0.211 e. The highest BCUT2D eigenvalue weighted by molar-refractivity contribution is 4.97. The van der Waals surface area contributed by atoms with Crippen LogP contribution in [-0.4, -0.2) is 35.6 Å². The van der Waals surface area contributed by atoms with E-state index in [9.17, 15) is 0 Å².